The van der Waals surface area contributed by atoms with Crippen LogP contribution in [0.15, 0.2) is 11.2 Å². The predicted molar refractivity (Wildman–Crippen MR) is 83.0 cm³/mol. The maximum absolute atomic E-state index is 8.64. The first-order valence-corrected chi connectivity index (χ1v) is 7.03. The summed E-state index contributed by atoms with van der Waals surface area (Å²) in [6, 6.07) is 1.99. The fraction of sp³-hybridized carbons (Fsp3) is 0.643. The van der Waals surface area contributed by atoms with Crippen LogP contribution < -0.4 is 10.6 Å². The van der Waals surface area contributed by atoms with E-state index in [-0.39, 0.29) is 5.84 Å². The molecule has 0 fully saturated rings. The molecule has 0 aliphatic heterocycles. The van der Waals surface area contributed by atoms with Crippen LogP contribution in [0.2, 0.25) is 0 Å². The molecule has 7 heteroatoms. The molecule has 0 atom stereocenters. The minimum absolute atomic E-state index is 0.189. The Morgan fingerprint density at radius 1 is 1.43 bits per heavy atom. The van der Waals surface area contributed by atoms with Gasteiger partial charge in [-0.1, -0.05) is 19.0 Å². The number of ether oxygens (including phenoxy) is 1. The lowest BCUT2D eigenvalue weighted by molar-refractivity contribution is 0.205. The Morgan fingerprint density at radius 2 is 2.14 bits per heavy atom. The van der Waals surface area contributed by atoms with Crippen molar-refractivity contribution in [1.29, 1.82) is 0 Å². The average Bonchev–Trinajstić information content (AvgIpc) is 2.46. The topological polar surface area (TPSA) is 96.9 Å². The number of rotatable bonds is 8. The summed E-state index contributed by atoms with van der Waals surface area (Å²) in [5, 5.41) is 11.6. The van der Waals surface area contributed by atoms with Crippen molar-refractivity contribution in [3.8, 4) is 0 Å². The minimum atomic E-state index is 0.189. The quantitative estimate of drug-likeness (QED) is 0.326. The highest BCUT2D eigenvalue weighted by Gasteiger charge is 2.13. The number of anilines is 1. The number of nitrogens with zero attached hydrogens (tertiary/aromatic N) is 4. The zero-order valence-electron chi connectivity index (χ0n) is 13.2. The summed E-state index contributed by atoms with van der Waals surface area (Å²) in [7, 11) is 1.65. The third-order valence-electron chi connectivity index (χ3n) is 3.07. The van der Waals surface area contributed by atoms with E-state index in [4.69, 9.17) is 15.7 Å². The van der Waals surface area contributed by atoms with Gasteiger partial charge in [0.1, 0.15) is 5.84 Å². The third-order valence-corrected chi connectivity index (χ3v) is 3.07. The number of methoxy groups -OCH3 is 1. The second kappa shape index (κ2) is 8.41. The van der Waals surface area contributed by atoms with Gasteiger partial charge in [-0.3, -0.25) is 0 Å². The van der Waals surface area contributed by atoms with Crippen molar-refractivity contribution in [2.45, 2.75) is 33.1 Å². The van der Waals surface area contributed by atoms with Gasteiger partial charge in [-0.15, -0.1) is 0 Å². The number of aryl methyl sites for hydroxylation is 1. The average molecular weight is 295 g/mol. The molecule has 21 heavy (non-hydrogen) atoms. The maximum atomic E-state index is 8.64. The molecule has 0 aliphatic carbocycles. The van der Waals surface area contributed by atoms with Gasteiger partial charge in [-0.25, -0.2) is 9.97 Å². The zero-order valence-corrected chi connectivity index (χ0v) is 13.2. The van der Waals surface area contributed by atoms with Gasteiger partial charge < -0.3 is 20.6 Å². The van der Waals surface area contributed by atoms with Crippen LogP contribution in [0.25, 0.3) is 0 Å². The molecule has 1 heterocycles. The summed E-state index contributed by atoms with van der Waals surface area (Å²) in [5.74, 6) is 1.18. The standard InChI is InChI=1S/C14H25N5O2/c1-10(2)12-9-11(3)16-14(17-12)19(7-8-21-4)6-5-13(15)18-20/h9-10,20H,5-8H2,1-4H3,(H2,15,18). The van der Waals surface area contributed by atoms with E-state index in [9.17, 15) is 0 Å². The Bertz CT molecular complexity index is 476. The molecule has 3 N–H and O–H groups in total. The van der Waals surface area contributed by atoms with Crippen LogP contribution in [0.5, 0.6) is 0 Å². The molecule has 0 spiro atoms. The molecule has 0 unspecified atom stereocenters. The number of nitrogens with two attached hydrogens (primary N) is 1. The van der Waals surface area contributed by atoms with Crippen LogP contribution in [0.4, 0.5) is 5.95 Å². The Kier molecular flexibility index (Phi) is 6.87. The summed E-state index contributed by atoms with van der Waals surface area (Å²) in [4.78, 5) is 11.1. The molecule has 0 bridgehead atoms. The number of hydrogen-bond donors (Lipinski definition) is 2. The third kappa shape index (κ3) is 5.55. The smallest absolute Gasteiger partial charge is 0.225 e. The van der Waals surface area contributed by atoms with Crippen LogP contribution in [0.3, 0.4) is 0 Å². The fourth-order valence-corrected chi connectivity index (χ4v) is 1.83. The zero-order chi connectivity index (χ0) is 15.8. The molecule has 0 saturated carbocycles. The molecule has 7 nitrogen and oxygen atoms in total. The van der Waals surface area contributed by atoms with Gasteiger partial charge in [-0.2, -0.15) is 0 Å². The Morgan fingerprint density at radius 3 is 2.71 bits per heavy atom. The lowest BCUT2D eigenvalue weighted by Gasteiger charge is -2.23. The highest BCUT2D eigenvalue weighted by Crippen LogP contribution is 2.17. The van der Waals surface area contributed by atoms with Gasteiger partial charge in [0, 0.05) is 38.0 Å². The first kappa shape index (κ1) is 17.2. The van der Waals surface area contributed by atoms with Gasteiger partial charge >= 0.3 is 0 Å². The second-order valence-corrected chi connectivity index (χ2v) is 5.21. The lowest BCUT2D eigenvalue weighted by Crippen LogP contribution is -2.33. The van der Waals surface area contributed by atoms with Crippen molar-refractivity contribution in [2.24, 2.45) is 10.9 Å². The molecule has 118 valence electrons. The normalized spacial score (nSPS) is 12.0. The van der Waals surface area contributed by atoms with Crippen LogP contribution in [-0.4, -0.2) is 47.8 Å². The summed E-state index contributed by atoms with van der Waals surface area (Å²) in [6.07, 6.45) is 0.439. The second-order valence-electron chi connectivity index (χ2n) is 5.21. The summed E-state index contributed by atoms with van der Waals surface area (Å²) in [6.45, 7) is 7.93. The van der Waals surface area contributed by atoms with E-state index >= 15 is 0 Å². The SMILES string of the molecule is COCCN(CC/C(N)=N/O)c1nc(C)cc(C(C)C)n1. The number of hydrogen-bond acceptors (Lipinski definition) is 6. The Labute approximate surface area is 125 Å². The molecule has 0 radical (unpaired) electrons. The van der Waals surface area contributed by atoms with Crippen LogP contribution in [0.1, 0.15) is 37.6 Å². The van der Waals surface area contributed by atoms with Gasteiger partial charge in [-0.05, 0) is 18.9 Å². The molecule has 1 rings (SSSR count). The van der Waals surface area contributed by atoms with Gasteiger partial charge in [0.2, 0.25) is 5.95 Å². The van der Waals surface area contributed by atoms with Crippen molar-refractivity contribution < 1.29 is 9.94 Å². The lowest BCUT2D eigenvalue weighted by atomic mass is 10.1. The monoisotopic (exact) mass is 295 g/mol. The molecular formula is C14H25N5O2. The summed E-state index contributed by atoms with van der Waals surface area (Å²) < 4.78 is 5.13. The number of oxime groups is 1. The summed E-state index contributed by atoms with van der Waals surface area (Å²) in [5.41, 5.74) is 7.47. The molecule has 1 aromatic rings. The van der Waals surface area contributed by atoms with Crippen molar-refractivity contribution in [1.82, 2.24) is 9.97 Å². The molecule has 1 aromatic heterocycles. The molecule has 0 aliphatic rings. The molecule has 0 aromatic carbocycles. The van der Waals surface area contributed by atoms with Gasteiger partial charge in [0.25, 0.3) is 0 Å². The van der Waals surface area contributed by atoms with E-state index in [2.05, 4.69) is 29.0 Å². The van der Waals surface area contributed by atoms with Crippen LogP contribution in [-0.2, 0) is 4.74 Å². The maximum Gasteiger partial charge on any atom is 0.225 e. The summed E-state index contributed by atoms with van der Waals surface area (Å²) >= 11 is 0. The van der Waals surface area contributed by atoms with E-state index in [1.807, 2.05) is 17.9 Å². The van der Waals surface area contributed by atoms with Gasteiger partial charge in [0.05, 0.1) is 6.61 Å². The van der Waals surface area contributed by atoms with Crippen molar-refractivity contribution in [3.63, 3.8) is 0 Å². The first-order valence-electron chi connectivity index (χ1n) is 7.03. The molecule has 0 saturated heterocycles. The first-order chi connectivity index (χ1) is 9.97. The minimum Gasteiger partial charge on any atom is -0.409 e. The predicted octanol–water partition coefficient (Wildman–Crippen LogP) is 1.50. The Balaban J connectivity index is 2.95. The Hall–Kier alpha value is -1.89. The van der Waals surface area contributed by atoms with Crippen LogP contribution >= 0.6 is 0 Å². The molecule has 0 amide bonds. The van der Waals surface area contributed by atoms with E-state index in [1.165, 1.54) is 0 Å². The van der Waals surface area contributed by atoms with Crippen molar-refractivity contribution in [2.75, 3.05) is 31.7 Å². The van der Waals surface area contributed by atoms with Gasteiger partial charge in [0.15, 0.2) is 0 Å². The van der Waals surface area contributed by atoms with E-state index < -0.39 is 0 Å². The van der Waals surface area contributed by atoms with Crippen molar-refractivity contribution >= 4 is 11.8 Å². The molecular weight excluding hydrogens is 270 g/mol. The number of amidine groups is 1. The fourth-order valence-electron chi connectivity index (χ4n) is 1.83. The van der Waals surface area contributed by atoms with E-state index in [0.717, 1.165) is 11.4 Å². The van der Waals surface area contributed by atoms with E-state index in [1.54, 1.807) is 7.11 Å². The highest BCUT2D eigenvalue weighted by atomic mass is 16.5. The van der Waals surface area contributed by atoms with Crippen LogP contribution in [0, 0.1) is 6.92 Å². The van der Waals surface area contributed by atoms with E-state index in [0.29, 0.717) is 38.0 Å². The van der Waals surface area contributed by atoms with Crippen molar-refractivity contribution in [3.05, 3.63) is 17.5 Å². The largest absolute Gasteiger partial charge is 0.409 e. The highest BCUT2D eigenvalue weighted by molar-refractivity contribution is 5.80. The number of aromatic nitrogens is 2.